The molecule has 4 heteroatoms. The summed E-state index contributed by atoms with van der Waals surface area (Å²) < 4.78 is 5.32. The maximum Gasteiger partial charge on any atom is 0.282 e. The Morgan fingerprint density at radius 3 is 2.70 bits per heavy atom. The van der Waals surface area contributed by atoms with E-state index in [9.17, 15) is 0 Å². The van der Waals surface area contributed by atoms with Gasteiger partial charge in [0.2, 0.25) is 5.82 Å². The molecule has 1 aliphatic carbocycles. The van der Waals surface area contributed by atoms with Crippen molar-refractivity contribution in [3.05, 3.63) is 36.2 Å². The number of aromatic nitrogens is 2. The van der Waals surface area contributed by atoms with Crippen LogP contribution in [0.1, 0.15) is 38.0 Å². The van der Waals surface area contributed by atoms with E-state index in [0.29, 0.717) is 5.82 Å². The number of rotatable bonds is 5. The van der Waals surface area contributed by atoms with Gasteiger partial charge in [-0.15, -0.1) is 0 Å². The van der Waals surface area contributed by atoms with Gasteiger partial charge in [0, 0.05) is 11.5 Å². The summed E-state index contributed by atoms with van der Waals surface area (Å²) in [6.07, 6.45) is 6.99. The van der Waals surface area contributed by atoms with E-state index in [2.05, 4.69) is 15.5 Å². The molecule has 0 radical (unpaired) electrons. The Kier molecular flexibility index (Phi) is 4.43. The molecule has 106 valence electrons. The van der Waals surface area contributed by atoms with Gasteiger partial charge < -0.3 is 9.84 Å². The molecule has 4 nitrogen and oxygen atoms in total. The van der Waals surface area contributed by atoms with Crippen molar-refractivity contribution in [2.75, 3.05) is 6.54 Å². The molecule has 1 aromatic heterocycles. The highest BCUT2D eigenvalue weighted by molar-refractivity contribution is 5.53. The fourth-order valence-electron chi connectivity index (χ4n) is 2.91. The summed E-state index contributed by atoms with van der Waals surface area (Å²) >= 11 is 0. The second-order valence-electron chi connectivity index (χ2n) is 5.61. The second kappa shape index (κ2) is 6.66. The summed E-state index contributed by atoms with van der Waals surface area (Å²) in [5, 5.41) is 6.35. The van der Waals surface area contributed by atoms with E-state index in [-0.39, 0.29) is 0 Å². The molecule has 1 fully saturated rings. The summed E-state index contributed by atoms with van der Waals surface area (Å²) in [6, 6.07) is 9.96. The summed E-state index contributed by atoms with van der Waals surface area (Å²) in [7, 11) is 0. The maximum absolute atomic E-state index is 5.32. The Hall–Kier alpha value is -1.68. The van der Waals surface area contributed by atoms with Crippen LogP contribution in [0.25, 0.3) is 11.4 Å². The summed E-state index contributed by atoms with van der Waals surface area (Å²) in [6.45, 7) is 1.97. The van der Waals surface area contributed by atoms with Crippen LogP contribution in [0.2, 0.25) is 0 Å². The van der Waals surface area contributed by atoms with Crippen molar-refractivity contribution in [2.24, 2.45) is 5.92 Å². The first-order valence-corrected chi connectivity index (χ1v) is 7.61. The molecule has 0 unspecified atom stereocenters. The lowest BCUT2D eigenvalue weighted by Gasteiger charge is -2.19. The number of nitrogens with zero attached hydrogens (tertiary/aromatic N) is 2. The Bertz CT molecular complexity index is 518. The first-order valence-electron chi connectivity index (χ1n) is 7.61. The molecule has 0 amide bonds. The van der Waals surface area contributed by atoms with Crippen LogP contribution in [0.5, 0.6) is 0 Å². The zero-order valence-corrected chi connectivity index (χ0v) is 11.8. The highest BCUT2D eigenvalue weighted by Gasteiger charge is 2.16. The average molecular weight is 272 g/mol. The van der Waals surface area contributed by atoms with E-state index in [1.807, 2.05) is 30.3 Å². The molecule has 0 saturated heterocycles. The topological polar surface area (TPSA) is 55.5 Å². The molecular formula is C16H22N3O+. The SMILES string of the molecule is c1ccc(-c2noc(C[NH2+]CC3CCCCC3)n2)cc1. The third kappa shape index (κ3) is 3.45. The van der Waals surface area contributed by atoms with Crippen molar-refractivity contribution in [1.29, 1.82) is 0 Å². The number of nitrogens with two attached hydrogens (primary N) is 1. The number of hydrogen-bond acceptors (Lipinski definition) is 3. The minimum Gasteiger partial charge on any atom is -0.338 e. The third-order valence-corrected chi connectivity index (χ3v) is 4.04. The highest BCUT2D eigenvalue weighted by atomic mass is 16.5. The zero-order valence-electron chi connectivity index (χ0n) is 11.8. The van der Waals surface area contributed by atoms with E-state index in [0.717, 1.165) is 23.9 Å². The highest BCUT2D eigenvalue weighted by Crippen LogP contribution is 2.21. The van der Waals surface area contributed by atoms with Crippen molar-refractivity contribution >= 4 is 0 Å². The largest absolute Gasteiger partial charge is 0.338 e. The minimum absolute atomic E-state index is 0.687. The van der Waals surface area contributed by atoms with Crippen molar-refractivity contribution in [2.45, 2.75) is 38.6 Å². The molecule has 3 rings (SSSR count). The monoisotopic (exact) mass is 272 g/mol. The van der Waals surface area contributed by atoms with Gasteiger partial charge in [-0.2, -0.15) is 4.98 Å². The lowest BCUT2D eigenvalue weighted by atomic mass is 9.89. The molecule has 2 aromatic rings. The predicted molar refractivity (Wildman–Crippen MR) is 76.8 cm³/mol. The zero-order chi connectivity index (χ0) is 13.6. The van der Waals surface area contributed by atoms with E-state index >= 15 is 0 Å². The van der Waals surface area contributed by atoms with Gasteiger partial charge >= 0.3 is 0 Å². The molecule has 0 atom stereocenters. The Labute approximate surface area is 119 Å². The van der Waals surface area contributed by atoms with E-state index in [1.165, 1.54) is 38.6 Å². The van der Waals surface area contributed by atoms with Gasteiger partial charge in [0.15, 0.2) is 6.54 Å². The van der Waals surface area contributed by atoms with Gasteiger partial charge in [0.05, 0.1) is 6.54 Å². The number of hydrogen-bond donors (Lipinski definition) is 1. The summed E-state index contributed by atoms with van der Waals surface area (Å²) in [5.74, 6) is 2.28. The normalized spacial score (nSPS) is 16.4. The van der Waals surface area contributed by atoms with Gasteiger partial charge in [-0.1, -0.05) is 54.8 Å². The van der Waals surface area contributed by atoms with Gasteiger partial charge in [0.1, 0.15) is 0 Å². The molecule has 1 saturated carbocycles. The molecule has 1 aliphatic rings. The van der Waals surface area contributed by atoms with Crippen LogP contribution in [0.3, 0.4) is 0 Å². The quantitative estimate of drug-likeness (QED) is 0.909. The Balaban J connectivity index is 1.50. The minimum atomic E-state index is 0.687. The predicted octanol–water partition coefficient (Wildman–Crippen LogP) is 2.38. The average Bonchev–Trinajstić information content (AvgIpc) is 2.98. The molecular weight excluding hydrogens is 250 g/mol. The molecule has 1 aromatic carbocycles. The molecule has 0 bridgehead atoms. The number of quaternary nitrogens is 1. The first kappa shape index (κ1) is 13.3. The molecule has 2 N–H and O–H groups in total. The standard InChI is InChI=1S/C16H21N3O/c1-3-7-13(8-4-1)11-17-12-15-18-16(19-20-15)14-9-5-2-6-10-14/h2,5-6,9-10,13,17H,1,3-4,7-8,11-12H2/p+1. The summed E-state index contributed by atoms with van der Waals surface area (Å²) in [5.41, 5.74) is 1.01. The first-order chi connectivity index (χ1) is 9.92. The lowest BCUT2D eigenvalue weighted by Crippen LogP contribution is -2.84. The lowest BCUT2D eigenvalue weighted by molar-refractivity contribution is -0.678. The van der Waals surface area contributed by atoms with E-state index in [1.54, 1.807) is 0 Å². The van der Waals surface area contributed by atoms with E-state index in [4.69, 9.17) is 4.52 Å². The van der Waals surface area contributed by atoms with Gasteiger partial charge in [-0.25, -0.2) is 0 Å². The van der Waals surface area contributed by atoms with Crippen LogP contribution in [0, 0.1) is 5.92 Å². The van der Waals surface area contributed by atoms with Crippen molar-refractivity contribution in [3.8, 4) is 11.4 Å². The van der Waals surface area contributed by atoms with Crippen molar-refractivity contribution in [1.82, 2.24) is 10.1 Å². The Morgan fingerprint density at radius 1 is 1.10 bits per heavy atom. The van der Waals surface area contributed by atoms with Crippen molar-refractivity contribution < 1.29 is 9.84 Å². The number of benzene rings is 1. The van der Waals surface area contributed by atoms with Crippen LogP contribution in [0.4, 0.5) is 0 Å². The van der Waals surface area contributed by atoms with Gasteiger partial charge in [-0.3, -0.25) is 0 Å². The van der Waals surface area contributed by atoms with Crippen LogP contribution in [0.15, 0.2) is 34.9 Å². The smallest absolute Gasteiger partial charge is 0.282 e. The van der Waals surface area contributed by atoms with Crippen LogP contribution < -0.4 is 5.32 Å². The molecule has 1 heterocycles. The maximum atomic E-state index is 5.32. The van der Waals surface area contributed by atoms with Gasteiger partial charge in [0.25, 0.3) is 5.89 Å². The van der Waals surface area contributed by atoms with Crippen molar-refractivity contribution in [3.63, 3.8) is 0 Å². The molecule has 0 aliphatic heterocycles. The fraction of sp³-hybridized carbons (Fsp3) is 0.500. The Morgan fingerprint density at radius 2 is 1.90 bits per heavy atom. The van der Waals surface area contributed by atoms with Crippen LogP contribution in [-0.4, -0.2) is 16.7 Å². The fourth-order valence-corrected chi connectivity index (χ4v) is 2.91. The third-order valence-electron chi connectivity index (χ3n) is 4.04. The van der Waals surface area contributed by atoms with Gasteiger partial charge in [-0.05, 0) is 12.8 Å². The van der Waals surface area contributed by atoms with E-state index < -0.39 is 0 Å². The van der Waals surface area contributed by atoms with Crippen LogP contribution in [-0.2, 0) is 6.54 Å². The molecule has 0 spiro atoms. The second-order valence-corrected chi connectivity index (χ2v) is 5.61. The van der Waals surface area contributed by atoms with Crippen LogP contribution >= 0.6 is 0 Å². The summed E-state index contributed by atoms with van der Waals surface area (Å²) in [4.78, 5) is 4.45. The molecule has 20 heavy (non-hydrogen) atoms.